The van der Waals surface area contributed by atoms with E-state index in [1.54, 1.807) is 0 Å². The molecule has 316 valence electrons. The highest BCUT2D eigenvalue weighted by atomic mass is 15.4. The highest BCUT2D eigenvalue weighted by Crippen LogP contribution is 2.24. The molecular formula is C51H102N2. The fourth-order valence-electron chi connectivity index (χ4n) is 8.84. The van der Waals surface area contributed by atoms with E-state index in [0.29, 0.717) is 6.17 Å². The van der Waals surface area contributed by atoms with Crippen LogP contribution in [0.2, 0.25) is 0 Å². The number of hydrogen-bond acceptors (Lipinski definition) is 2. The van der Waals surface area contributed by atoms with E-state index in [4.69, 9.17) is 0 Å². The van der Waals surface area contributed by atoms with Gasteiger partial charge in [-0.15, -0.1) is 0 Å². The third-order valence-electron chi connectivity index (χ3n) is 12.6. The molecule has 1 unspecified atom stereocenters. The zero-order chi connectivity index (χ0) is 38.0. The average molecular weight is 743 g/mol. The summed E-state index contributed by atoms with van der Waals surface area (Å²) in [5.41, 5.74) is 0. The second-order valence-corrected chi connectivity index (χ2v) is 17.8. The van der Waals surface area contributed by atoms with Crippen molar-refractivity contribution >= 4 is 0 Å². The average Bonchev–Trinajstić information content (AvgIpc) is 3.55. The first-order valence-electron chi connectivity index (χ1n) is 25.5. The smallest absolute Gasteiger partial charge is 0.101 e. The maximum atomic E-state index is 2.74. The second-order valence-electron chi connectivity index (χ2n) is 17.8. The number of nitrogens with zero attached hydrogens (tertiary/aromatic N) is 2. The van der Waals surface area contributed by atoms with Gasteiger partial charge in [0.2, 0.25) is 0 Å². The summed E-state index contributed by atoms with van der Waals surface area (Å²) >= 11 is 0. The molecule has 0 radical (unpaired) electrons. The van der Waals surface area contributed by atoms with E-state index in [-0.39, 0.29) is 0 Å². The summed E-state index contributed by atoms with van der Waals surface area (Å²) in [7, 11) is 0. The van der Waals surface area contributed by atoms with E-state index in [2.05, 4.69) is 43.0 Å². The molecule has 0 amide bonds. The highest BCUT2D eigenvalue weighted by molar-refractivity contribution is 4.97. The maximum Gasteiger partial charge on any atom is 0.101 e. The lowest BCUT2D eigenvalue weighted by Gasteiger charge is -2.33. The lowest BCUT2D eigenvalue weighted by molar-refractivity contribution is 0.135. The Morgan fingerprint density at radius 1 is 0.245 bits per heavy atom. The second kappa shape index (κ2) is 42.5. The minimum atomic E-state index is 0.636. The zero-order valence-corrected chi connectivity index (χ0v) is 37.4. The molecule has 0 fully saturated rings. The molecule has 0 aromatic heterocycles. The molecule has 2 heteroatoms. The van der Waals surface area contributed by atoms with Crippen molar-refractivity contribution in [2.75, 3.05) is 13.1 Å². The van der Waals surface area contributed by atoms with E-state index < -0.39 is 0 Å². The summed E-state index contributed by atoms with van der Waals surface area (Å²) in [6.07, 6.45) is 67.9. The van der Waals surface area contributed by atoms with Crippen LogP contribution in [0.1, 0.15) is 297 Å². The van der Waals surface area contributed by atoms with Crippen molar-refractivity contribution in [1.29, 1.82) is 0 Å². The Bertz CT molecular complexity index is 702. The van der Waals surface area contributed by atoms with Crippen LogP contribution in [0, 0.1) is 0 Å². The van der Waals surface area contributed by atoms with Gasteiger partial charge in [-0.25, -0.2) is 0 Å². The summed E-state index contributed by atoms with van der Waals surface area (Å²) in [6, 6.07) is 0. The van der Waals surface area contributed by atoms with Crippen molar-refractivity contribution in [3.05, 3.63) is 12.4 Å². The molecule has 0 N–H and O–H groups in total. The quantitative estimate of drug-likeness (QED) is 0.0573. The Labute approximate surface area is 337 Å². The van der Waals surface area contributed by atoms with Crippen LogP contribution in [0.4, 0.5) is 0 Å². The van der Waals surface area contributed by atoms with E-state index in [1.807, 2.05) is 0 Å². The van der Waals surface area contributed by atoms with Crippen LogP contribution in [0.5, 0.6) is 0 Å². The van der Waals surface area contributed by atoms with E-state index in [0.717, 1.165) is 0 Å². The first-order valence-corrected chi connectivity index (χ1v) is 25.5. The van der Waals surface area contributed by atoms with Crippen LogP contribution >= 0.6 is 0 Å². The number of rotatable bonds is 45. The fourth-order valence-corrected chi connectivity index (χ4v) is 8.84. The predicted molar refractivity (Wildman–Crippen MR) is 242 cm³/mol. The van der Waals surface area contributed by atoms with E-state index in [1.165, 1.54) is 289 Å². The van der Waals surface area contributed by atoms with Crippen LogP contribution in [-0.2, 0) is 0 Å². The zero-order valence-electron chi connectivity index (χ0n) is 37.4. The van der Waals surface area contributed by atoms with Gasteiger partial charge in [-0.3, -0.25) is 0 Å². The third kappa shape index (κ3) is 34.3. The van der Waals surface area contributed by atoms with Crippen molar-refractivity contribution in [3.63, 3.8) is 0 Å². The molecule has 1 aliphatic heterocycles. The molecule has 0 aromatic carbocycles. The summed E-state index contributed by atoms with van der Waals surface area (Å²) in [4.78, 5) is 5.48. The van der Waals surface area contributed by atoms with Crippen molar-refractivity contribution < 1.29 is 0 Å². The molecular weight excluding hydrogens is 641 g/mol. The molecule has 1 heterocycles. The highest BCUT2D eigenvalue weighted by Gasteiger charge is 2.25. The van der Waals surface area contributed by atoms with E-state index in [9.17, 15) is 0 Å². The molecule has 0 bridgehead atoms. The van der Waals surface area contributed by atoms with Gasteiger partial charge in [-0.1, -0.05) is 271 Å². The van der Waals surface area contributed by atoms with Gasteiger partial charge in [0.1, 0.15) is 6.17 Å². The van der Waals surface area contributed by atoms with Crippen molar-refractivity contribution in [1.82, 2.24) is 9.80 Å². The van der Waals surface area contributed by atoms with Gasteiger partial charge in [-0.2, -0.15) is 0 Å². The van der Waals surface area contributed by atoms with Crippen LogP contribution in [-0.4, -0.2) is 29.1 Å². The molecule has 2 nitrogen and oxygen atoms in total. The van der Waals surface area contributed by atoms with Crippen LogP contribution < -0.4 is 0 Å². The molecule has 1 aliphatic rings. The molecule has 0 saturated carbocycles. The summed E-state index contributed by atoms with van der Waals surface area (Å²) < 4.78 is 0. The van der Waals surface area contributed by atoms with Crippen LogP contribution in [0.3, 0.4) is 0 Å². The third-order valence-corrected chi connectivity index (χ3v) is 12.6. The Morgan fingerprint density at radius 3 is 0.660 bits per heavy atom. The van der Waals surface area contributed by atoms with Gasteiger partial charge in [0.25, 0.3) is 0 Å². The van der Waals surface area contributed by atoms with Gasteiger partial charge in [0, 0.05) is 25.5 Å². The van der Waals surface area contributed by atoms with E-state index >= 15 is 0 Å². The predicted octanol–water partition coefficient (Wildman–Crippen LogP) is 18.2. The SMILES string of the molecule is CCCCCCCCCCCCCCCCCCCC1N(CCCCCCCCCCCCC)C=CN1CCCCCCCCCCCCCCCC. The van der Waals surface area contributed by atoms with Crippen molar-refractivity contribution in [3.8, 4) is 0 Å². The molecule has 1 rings (SSSR count). The summed E-state index contributed by atoms with van der Waals surface area (Å²) in [5, 5.41) is 0. The molecule has 0 aliphatic carbocycles. The fraction of sp³-hybridized carbons (Fsp3) is 0.961. The van der Waals surface area contributed by atoms with Gasteiger partial charge >= 0.3 is 0 Å². The molecule has 0 spiro atoms. The van der Waals surface area contributed by atoms with Crippen molar-refractivity contribution in [2.24, 2.45) is 0 Å². The molecule has 0 saturated heterocycles. The summed E-state index contributed by atoms with van der Waals surface area (Å²) in [5.74, 6) is 0. The van der Waals surface area contributed by atoms with Gasteiger partial charge in [0.05, 0.1) is 0 Å². The maximum absolute atomic E-state index is 2.74. The minimum Gasteiger partial charge on any atom is -0.356 e. The standard InChI is InChI=1S/C51H102N2/c1-4-7-10-13-16-19-22-24-26-27-28-29-31-34-37-40-43-46-51-52(47-44-41-38-35-32-21-18-15-12-9-6-3)49-50-53(51)48-45-42-39-36-33-30-25-23-20-17-14-11-8-5-2/h49-51H,4-48H2,1-3H3. The van der Waals surface area contributed by atoms with Gasteiger partial charge in [-0.05, 0) is 25.7 Å². The number of unbranched alkanes of at least 4 members (excludes halogenated alkanes) is 39. The minimum absolute atomic E-state index is 0.636. The van der Waals surface area contributed by atoms with Crippen molar-refractivity contribution in [2.45, 2.75) is 303 Å². The first kappa shape index (κ1) is 50.4. The number of hydrogen-bond donors (Lipinski definition) is 0. The molecule has 53 heavy (non-hydrogen) atoms. The van der Waals surface area contributed by atoms with Gasteiger partial charge in [0.15, 0.2) is 0 Å². The van der Waals surface area contributed by atoms with Gasteiger partial charge < -0.3 is 9.80 Å². The Hall–Kier alpha value is -0.660. The Morgan fingerprint density at radius 2 is 0.434 bits per heavy atom. The topological polar surface area (TPSA) is 6.48 Å². The van der Waals surface area contributed by atoms with Crippen LogP contribution in [0.25, 0.3) is 0 Å². The first-order chi connectivity index (χ1) is 26.3. The lowest BCUT2D eigenvalue weighted by Crippen LogP contribution is -2.39. The Kier molecular flexibility index (Phi) is 40.4. The summed E-state index contributed by atoms with van der Waals surface area (Å²) in [6.45, 7) is 9.49. The molecule has 1 atom stereocenters. The lowest BCUT2D eigenvalue weighted by atomic mass is 10.0. The largest absolute Gasteiger partial charge is 0.356 e. The normalized spacial score (nSPS) is 14.4. The molecule has 0 aromatic rings. The van der Waals surface area contributed by atoms with Crippen LogP contribution in [0.15, 0.2) is 12.4 Å². The monoisotopic (exact) mass is 743 g/mol. The Balaban J connectivity index is 2.18.